The first-order chi connectivity index (χ1) is 11.3. The summed E-state index contributed by atoms with van der Waals surface area (Å²) in [5.41, 5.74) is 1.50. The average Bonchev–Trinajstić information content (AvgIpc) is 2.91. The highest BCUT2D eigenvalue weighted by molar-refractivity contribution is 5.73. The van der Waals surface area contributed by atoms with E-state index in [0.717, 1.165) is 11.3 Å². The molecule has 0 atom stereocenters. The van der Waals surface area contributed by atoms with E-state index in [9.17, 15) is 18.0 Å². The van der Waals surface area contributed by atoms with Crippen molar-refractivity contribution in [3.8, 4) is 5.75 Å². The zero-order valence-electron chi connectivity index (χ0n) is 12.8. The summed E-state index contributed by atoms with van der Waals surface area (Å²) in [6.07, 6.45) is -4.23. The van der Waals surface area contributed by atoms with Crippen LogP contribution < -0.4 is 15.4 Å². The molecular formula is C15H16F3N3O3. The second kappa shape index (κ2) is 7.71. The first-order valence-corrected chi connectivity index (χ1v) is 7.10. The standard InChI is InChI=1S/C15H16F3N3O3/c1-10-8-13(24-21-10)9-20-14(22)19-7-6-11-2-4-12(5-3-11)23-15(16,17)18/h2-5,8H,6-7,9H2,1H3,(H2,19,20,22). The Morgan fingerprint density at radius 1 is 1.25 bits per heavy atom. The number of hydrogen-bond donors (Lipinski definition) is 2. The number of urea groups is 1. The van der Waals surface area contributed by atoms with Gasteiger partial charge in [0.05, 0.1) is 12.2 Å². The third-order valence-corrected chi connectivity index (χ3v) is 2.96. The number of nitrogens with zero attached hydrogens (tertiary/aromatic N) is 1. The monoisotopic (exact) mass is 343 g/mol. The van der Waals surface area contributed by atoms with E-state index in [1.54, 1.807) is 13.0 Å². The van der Waals surface area contributed by atoms with Crippen LogP contribution >= 0.6 is 0 Å². The lowest BCUT2D eigenvalue weighted by Gasteiger charge is -2.09. The highest BCUT2D eigenvalue weighted by atomic mass is 19.4. The SMILES string of the molecule is Cc1cc(CNC(=O)NCCc2ccc(OC(F)(F)F)cc2)on1. The predicted molar refractivity (Wildman–Crippen MR) is 78.3 cm³/mol. The van der Waals surface area contributed by atoms with Crippen LogP contribution in [0, 0.1) is 6.92 Å². The van der Waals surface area contributed by atoms with Crippen LogP contribution in [0.1, 0.15) is 17.0 Å². The summed E-state index contributed by atoms with van der Waals surface area (Å²) in [7, 11) is 0. The summed E-state index contributed by atoms with van der Waals surface area (Å²) in [6, 6.07) is 6.83. The second-order valence-electron chi connectivity index (χ2n) is 4.99. The maximum atomic E-state index is 12.0. The molecule has 0 aliphatic carbocycles. The average molecular weight is 343 g/mol. The van der Waals surface area contributed by atoms with Gasteiger partial charge in [0.15, 0.2) is 5.76 Å². The molecule has 0 aliphatic heterocycles. The number of carbonyl (C=O) groups excluding carboxylic acids is 1. The molecule has 130 valence electrons. The maximum absolute atomic E-state index is 12.0. The van der Waals surface area contributed by atoms with Crippen molar-refractivity contribution in [1.29, 1.82) is 0 Å². The van der Waals surface area contributed by atoms with Gasteiger partial charge in [-0.05, 0) is 31.0 Å². The number of aryl methyl sites for hydroxylation is 1. The third kappa shape index (κ3) is 6.19. The highest BCUT2D eigenvalue weighted by Crippen LogP contribution is 2.22. The number of benzene rings is 1. The quantitative estimate of drug-likeness (QED) is 0.846. The van der Waals surface area contributed by atoms with Crippen molar-refractivity contribution in [2.45, 2.75) is 26.3 Å². The number of amides is 2. The second-order valence-corrected chi connectivity index (χ2v) is 4.99. The van der Waals surface area contributed by atoms with Crippen LogP contribution in [0.4, 0.5) is 18.0 Å². The Morgan fingerprint density at radius 2 is 1.96 bits per heavy atom. The lowest BCUT2D eigenvalue weighted by atomic mass is 10.1. The lowest BCUT2D eigenvalue weighted by molar-refractivity contribution is -0.274. The van der Waals surface area contributed by atoms with Gasteiger partial charge >= 0.3 is 12.4 Å². The number of halogens is 3. The summed E-state index contributed by atoms with van der Waals surface area (Å²) in [6.45, 7) is 2.33. The van der Waals surface area contributed by atoms with Crippen LogP contribution in [0.5, 0.6) is 5.75 Å². The number of nitrogens with one attached hydrogen (secondary N) is 2. The van der Waals surface area contributed by atoms with Crippen molar-refractivity contribution in [2.24, 2.45) is 0 Å². The van der Waals surface area contributed by atoms with Gasteiger partial charge in [-0.1, -0.05) is 17.3 Å². The fraction of sp³-hybridized carbons (Fsp3) is 0.333. The first kappa shape index (κ1) is 17.6. The van der Waals surface area contributed by atoms with Crippen molar-refractivity contribution in [3.05, 3.63) is 47.3 Å². The van der Waals surface area contributed by atoms with E-state index >= 15 is 0 Å². The number of rotatable bonds is 6. The Labute approximate surface area is 136 Å². The Kier molecular flexibility index (Phi) is 5.67. The van der Waals surface area contributed by atoms with E-state index in [4.69, 9.17) is 4.52 Å². The number of alkyl halides is 3. The molecule has 0 saturated carbocycles. The minimum absolute atomic E-state index is 0.218. The molecule has 0 unspecified atom stereocenters. The van der Waals surface area contributed by atoms with Gasteiger partial charge in [-0.15, -0.1) is 13.2 Å². The molecule has 1 aromatic heterocycles. The van der Waals surface area contributed by atoms with E-state index in [-0.39, 0.29) is 18.3 Å². The zero-order chi connectivity index (χ0) is 17.6. The molecule has 0 aliphatic rings. The molecule has 1 aromatic carbocycles. The van der Waals surface area contributed by atoms with E-state index in [2.05, 4.69) is 20.5 Å². The summed E-state index contributed by atoms with van der Waals surface area (Å²) in [5.74, 6) is 0.266. The van der Waals surface area contributed by atoms with E-state index in [1.165, 1.54) is 24.3 Å². The van der Waals surface area contributed by atoms with Gasteiger partial charge in [0.1, 0.15) is 5.75 Å². The molecule has 0 fully saturated rings. The first-order valence-electron chi connectivity index (χ1n) is 7.10. The molecule has 2 aromatic rings. The van der Waals surface area contributed by atoms with Crippen LogP contribution in [0.15, 0.2) is 34.9 Å². The normalized spacial score (nSPS) is 11.2. The van der Waals surface area contributed by atoms with Gasteiger partial charge in [-0.3, -0.25) is 0 Å². The Morgan fingerprint density at radius 3 is 2.54 bits per heavy atom. The van der Waals surface area contributed by atoms with Crippen molar-refractivity contribution in [3.63, 3.8) is 0 Å². The van der Waals surface area contributed by atoms with Gasteiger partial charge in [-0.2, -0.15) is 0 Å². The van der Waals surface area contributed by atoms with Crippen LogP contribution in [0.3, 0.4) is 0 Å². The van der Waals surface area contributed by atoms with Crippen LogP contribution in [0.2, 0.25) is 0 Å². The molecule has 24 heavy (non-hydrogen) atoms. The smallest absolute Gasteiger partial charge is 0.406 e. The highest BCUT2D eigenvalue weighted by Gasteiger charge is 2.30. The van der Waals surface area contributed by atoms with E-state index in [1.807, 2.05) is 0 Å². The van der Waals surface area contributed by atoms with Gasteiger partial charge in [0.25, 0.3) is 0 Å². The minimum atomic E-state index is -4.71. The Bertz CT molecular complexity index is 669. The molecule has 9 heteroatoms. The fourth-order valence-corrected chi connectivity index (χ4v) is 1.91. The maximum Gasteiger partial charge on any atom is 0.573 e. The molecule has 2 rings (SSSR count). The largest absolute Gasteiger partial charge is 0.573 e. The molecule has 0 saturated heterocycles. The molecule has 1 heterocycles. The number of carbonyl (C=O) groups is 1. The molecule has 0 radical (unpaired) electrons. The van der Waals surface area contributed by atoms with Crippen LogP contribution in [-0.4, -0.2) is 24.1 Å². The summed E-state index contributed by atoms with van der Waals surface area (Å²) < 4.78 is 44.9. The fourth-order valence-electron chi connectivity index (χ4n) is 1.91. The number of ether oxygens (including phenoxy) is 1. The van der Waals surface area contributed by atoms with Crippen molar-refractivity contribution in [2.75, 3.05) is 6.54 Å². The summed E-state index contributed by atoms with van der Waals surface area (Å²) >= 11 is 0. The van der Waals surface area contributed by atoms with Gasteiger partial charge in [-0.25, -0.2) is 4.79 Å². The number of hydrogen-bond acceptors (Lipinski definition) is 4. The van der Waals surface area contributed by atoms with E-state index in [0.29, 0.717) is 18.7 Å². The third-order valence-electron chi connectivity index (χ3n) is 2.96. The summed E-state index contributed by atoms with van der Waals surface area (Å²) in [4.78, 5) is 11.6. The molecular weight excluding hydrogens is 327 g/mol. The summed E-state index contributed by atoms with van der Waals surface area (Å²) in [5, 5.41) is 8.94. The molecule has 0 bridgehead atoms. The van der Waals surface area contributed by atoms with Gasteiger partial charge < -0.3 is 19.9 Å². The predicted octanol–water partition coefficient (Wildman–Crippen LogP) is 2.92. The lowest BCUT2D eigenvalue weighted by Crippen LogP contribution is -2.36. The van der Waals surface area contributed by atoms with Crippen LogP contribution in [0.25, 0.3) is 0 Å². The topological polar surface area (TPSA) is 76.4 Å². The van der Waals surface area contributed by atoms with E-state index < -0.39 is 6.36 Å². The van der Waals surface area contributed by atoms with Gasteiger partial charge in [0, 0.05) is 12.6 Å². The number of aromatic nitrogens is 1. The Hall–Kier alpha value is -2.71. The van der Waals surface area contributed by atoms with Crippen molar-refractivity contribution in [1.82, 2.24) is 15.8 Å². The van der Waals surface area contributed by atoms with Crippen LogP contribution in [-0.2, 0) is 13.0 Å². The molecule has 2 amide bonds. The van der Waals surface area contributed by atoms with Crippen molar-refractivity contribution >= 4 is 6.03 Å². The Balaban J connectivity index is 1.68. The molecule has 6 nitrogen and oxygen atoms in total. The minimum Gasteiger partial charge on any atom is -0.406 e. The molecule has 0 spiro atoms. The van der Waals surface area contributed by atoms with Crippen molar-refractivity contribution < 1.29 is 27.2 Å². The zero-order valence-corrected chi connectivity index (χ0v) is 12.8. The molecule has 2 N–H and O–H groups in total. The van der Waals surface area contributed by atoms with Gasteiger partial charge in [0.2, 0.25) is 0 Å².